The van der Waals surface area contributed by atoms with Crippen molar-refractivity contribution < 1.29 is 34.5 Å². The fourth-order valence-corrected chi connectivity index (χ4v) is 5.11. The van der Waals surface area contributed by atoms with Crippen LogP contribution in [0.15, 0.2) is 24.3 Å². The number of carbonyl (C=O) groups excluding carboxylic acids is 4. The van der Waals surface area contributed by atoms with Crippen molar-refractivity contribution in [2.75, 3.05) is 13.2 Å². The van der Waals surface area contributed by atoms with Gasteiger partial charge in [0, 0.05) is 39.1 Å². The average Bonchev–Trinajstić information content (AvgIpc) is 2.80. The first-order valence-electron chi connectivity index (χ1n) is 10.6. The maximum Gasteiger partial charge on any atom is 0.261 e. The molecule has 0 unspecified atom stereocenters. The summed E-state index contributed by atoms with van der Waals surface area (Å²) >= 11 is 0. The van der Waals surface area contributed by atoms with Crippen LogP contribution >= 0.6 is 0 Å². The number of benzene rings is 2. The Kier molecular flexibility index (Phi) is 4.85. The van der Waals surface area contributed by atoms with Crippen LogP contribution in [0.2, 0.25) is 0 Å². The van der Waals surface area contributed by atoms with Crippen molar-refractivity contribution in [3.05, 3.63) is 46.5 Å². The summed E-state index contributed by atoms with van der Waals surface area (Å²) in [5.41, 5.74) is 0.784. The zero-order valence-electron chi connectivity index (χ0n) is 17.2. The minimum Gasteiger partial charge on any atom is -0.394 e. The Morgan fingerprint density at radius 2 is 1.12 bits per heavy atom. The largest absolute Gasteiger partial charge is 0.394 e. The first-order valence-corrected chi connectivity index (χ1v) is 10.6. The van der Waals surface area contributed by atoms with E-state index in [0.717, 1.165) is 4.90 Å². The summed E-state index contributed by atoms with van der Waals surface area (Å²) in [7, 11) is 0. The summed E-state index contributed by atoms with van der Waals surface area (Å²) in [6.07, 6.45) is 1.63. The van der Waals surface area contributed by atoms with Crippen molar-refractivity contribution >= 4 is 34.4 Å². The minimum absolute atomic E-state index is 0.141. The summed E-state index contributed by atoms with van der Waals surface area (Å²) in [5, 5.41) is 29.4. The highest BCUT2D eigenvalue weighted by Crippen LogP contribution is 2.39. The molecule has 166 valence electrons. The van der Waals surface area contributed by atoms with Crippen LogP contribution in [0.1, 0.15) is 67.1 Å². The van der Waals surface area contributed by atoms with E-state index in [4.69, 9.17) is 0 Å². The Hall–Kier alpha value is -3.14. The molecule has 0 atom stereocenters. The number of hydrogen-bond acceptors (Lipinski definition) is 7. The van der Waals surface area contributed by atoms with Gasteiger partial charge in [-0.3, -0.25) is 29.0 Å². The fourth-order valence-electron chi connectivity index (χ4n) is 5.11. The molecular formula is C23H22N2O7. The molecule has 2 aromatic rings. The number of imide groups is 2. The van der Waals surface area contributed by atoms with Crippen LogP contribution < -0.4 is 0 Å². The quantitative estimate of drug-likeness (QED) is 0.598. The smallest absolute Gasteiger partial charge is 0.261 e. The van der Waals surface area contributed by atoms with Crippen LogP contribution in [0, 0.1) is 0 Å². The maximum atomic E-state index is 13.3. The number of hydrogen-bond donors (Lipinski definition) is 3. The number of amides is 4. The van der Waals surface area contributed by atoms with Crippen LogP contribution in [0.4, 0.5) is 0 Å². The summed E-state index contributed by atoms with van der Waals surface area (Å²) in [5.74, 6) is -2.33. The Balaban J connectivity index is 1.66. The zero-order chi connectivity index (χ0) is 22.7. The molecule has 0 bridgehead atoms. The van der Waals surface area contributed by atoms with E-state index in [1.54, 1.807) is 0 Å². The number of aliphatic hydroxyl groups excluding tert-OH is 3. The summed E-state index contributed by atoms with van der Waals surface area (Å²) in [6.45, 7) is -1.19. The normalized spacial score (nSPS) is 23.0. The van der Waals surface area contributed by atoms with E-state index < -0.39 is 49.0 Å². The highest BCUT2D eigenvalue weighted by Gasteiger charge is 2.43. The molecule has 0 spiro atoms. The van der Waals surface area contributed by atoms with Crippen LogP contribution in [0.25, 0.3) is 10.8 Å². The van der Waals surface area contributed by atoms with Crippen LogP contribution in [0.3, 0.4) is 0 Å². The summed E-state index contributed by atoms with van der Waals surface area (Å²) in [6, 6.07) is 4.48. The van der Waals surface area contributed by atoms with Gasteiger partial charge in [-0.1, -0.05) is 0 Å². The molecule has 0 saturated heterocycles. The second-order valence-corrected chi connectivity index (χ2v) is 8.51. The molecule has 0 radical (unpaired) electrons. The minimum atomic E-state index is -1.09. The Labute approximate surface area is 182 Å². The van der Waals surface area contributed by atoms with Gasteiger partial charge in [0.15, 0.2) is 0 Å². The van der Waals surface area contributed by atoms with Crippen molar-refractivity contribution in [3.63, 3.8) is 0 Å². The summed E-state index contributed by atoms with van der Waals surface area (Å²) < 4.78 is 0. The number of nitrogens with zero attached hydrogens (tertiary/aromatic N) is 2. The lowest BCUT2D eigenvalue weighted by Gasteiger charge is -2.38. The molecule has 1 saturated carbocycles. The molecule has 1 fully saturated rings. The molecule has 0 aromatic heterocycles. The maximum absolute atomic E-state index is 13.3. The monoisotopic (exact) mass is 438 g/mol. The van der Waals surface area contributed by atoms with Gasteiger partial charge in [-0.05, 0) is 49.9 Å². The first kappa shape index (κ1) is 20.7. The molecule has 2 heterocycles. The van der Waals surface area contributed by atoms with E-state index in [1.165, 1.54) is 29.2 Å². The summed E-state index contributed by atoms with van der Waals surface area (Å²) in [4.78, 5) is 54.9. The van der Waals surface area contributed by atoms with Crippen molar-refractivity contribution in [2.45, 2.75) is 43.9 Å². The Bertz CT molecular complexity index is 1110. The topological polar surface area (TPSA) is 135 Å². The van der Waals surface area contributed by atoms with E-state index in [2.05, 4.69) is 0 Å². The zero-order valence-corrected chi connectivity index (χ0v) is 17.2. The van der Waals surface area contributed by atoms with Crippen LogP contribution in [-0.2, 0) is 0 Å². The van der Waals surface area contributed by atoms with E-state index in [0.29, 0.717) is 25.7 Å². The van der Waals surface area contributed by atoms with E-state index in [1.807, 2.05) is 0 Å². The third kappa shape index (κ3) is 2.75. The predicted octanol–water partition coefficient (Wildman–Crippen LogP) is 0.688. The number of carbonyl (C=O) groups is 4. The lowest BCUT2D eigenvalue weighted by Crippen LogP contribution is -2.51. The van der Waals surface area contributed by atoms with Crippen molar-refractivity contribution in [2.24, 2.45) is 0 Å². The van der Waals surface area contributed by atoms with E-state index >= 15 is 0 Å². The first-order chi connectivity index (χ1) is 15.4. The van der Waals surface area contributed by atoms with Crippen LogP contribution in [-0.4, -0.2) is 80.1 Å². The SMILES string of the molecule is O=C1c2ccc3c4c(ccc(c24)C(=O)N1C(CO)CO)C(=O)N(C1CCC(O)CC1)C3=O. The molecule has 1 aliphatic carbocycles. The van der Waals surface area contributed by atoms with Gasteiger partial charge in [0.25, 0.3) is 23.6 Å². The second-order valence-electron chi connectivity index (χ2n) is 8.51. The molecule has 4 amide bonds. The molecule has 5 rings (SSSR count). The molecular weight excluding hydrogens is 416 g/mol. The average molecular weight is 438 g/mol. The van der Waals surface area contributed by atoms with Gasteiger partial charge in [-0.15, -0.1) is 0 Å². The standard InChI is InChI=1S/C23H22N2O7/c26-9-12(10-27)25-22(31)16-7-5-14-18-15(6-8-17(19(16)18)23(25)32)21(30)24(20(14)29)11-1-3-13(28)4-2-11/h5-8,11-13,26-28H,1-4,9-10H2. The molecule has 9 nitrogen and oxygen atoms in total. The molecule has 3 N–H and O–H groups in total. The lowest BCUT2D eigenvalue weighted by atomic mass is 9.84. The number of aliphatic hydroxyl groups is 3. The highest BCUT2D eigenvalue weighted by molar-refractivity contribution is 6.33. The third-order valence-electron chi connectivity index (χ3n) is 6.78. The molecule has 3 aliphatic rings. The molecule has 32 heavy (non-hydrogen) atoms. The molecule has 2 aromatic carbocycles. The van der Waals surface area contributed by atoms with Gasteiger partial charge in [-0.25, -0.2) is 0 Å². The van der Waals surface area contributed by atoms with Gasteiger partial charge >= 0.3 is 0 Å². The van der Waals surface area contributed by atoms with Gasteiger partial charge in [-0.2, -0.15) is 0 Å². The third-order valence-corrected chi connectivity index (χ3v) is 6.78. The van der Waals surface area contributed by atoms with Crippen molar-refractivity contribution in [1.29, 1.82) is 0 Å². The second kappa shape index (κ2) is 7.47. The Morgan fingerprint density at radius 3 is 1.53 bits per heavy atom. The van der Waals surface area contributed by atoms with E-state index in [9.17, 15) is 34.5 Å². The van der Waals surface area contributed by atoms with Gasteiger partial charge in [0.05, 0.1) is 25.4 Å². The lowest BCUT2D eigenvalue weighted by molar-refractivity contribution is 0.0369. The Morgan fingerprint density at radius 1 is 0.719 bits per heavy atom. The predicted molar refractivity (Wildman–Crippen MR) is 111 cm³/mol. The van der Waals surface area contributed by atoms with Gasteiger partial charge in [0.1, 0.15) is 0 Å². The van der Waals surface area contributed by atoms with Gasteiger partial charge in [0.2, 0.25) is 0 Å². The fraction of sp³-hybridized carbons (Fsp3) is 0.391. The number of rotatable bonds is 4. The van der Waals surface area contributed by atoms with Gasteiger partial charge < -0.3 is 15.3 Å². The van der Waals surface area contributed by atoms with Crippen molar-refractivity contribution in [1.82, 2.24) is 9.80 Å². The highest BCUT2D eigenvalue weighted by atomic mass is 16.3. The van der Waals surface area contributed by atoms with E-state index in [-0.39, 0.29) is 39.1 Å². The molecule has 9 heteroatoms. The van der Waals surface area contributed by atoms with Crippen LogP contribution in [0.5, 0.6) is 0 Å². The molecule has 2 aliphatic heterocycles. The van der Waals surface area contributed by atoms with Crippen molar-refractivity contribution in [3.8, 4) is 0 Å².